The summed E-state index contributed by atoms with van der Waals surface area (Å²) >= 11 is 0. The molecule has 0 radical (unpaired) electrons. The van der Waals surface area contributed by atoms with Crippen LogP contribution in [-0.2, 0) is 9.59 Å². The summed E-state index contributed by atoms with van der Waals surface area (Å²) in [5, 5.41) is 17.1. The fourth-order valence-corrected chi connectivity index (χ4v) is 4.81. The topological polar surface area (TPSA) is 122 Å². The number of nitro benzene ring substituents is 1. The third kappa shape index (κ3) is 3.02. The smallest absolute Gasteiger partial charge is 0.271 e. The van der Waals surface area contributed by atoms with Gasteiger partial charge in [0.05, 0.1) is 29.9 Å². The van der Waals surface area contributed by atoms with Crippen LogP contribution in [0.2, 0.25) is 0 Å². The number of nitro groups is 1. The highest BCUT2D eigenvalue weighted by Crippen LogP contribution is 2.48. The van der Waals surface area contributed by atoms with Crippen molar-refractivity contribution in [1.82, 2.24) is 5.01 Å². The molecule has 0 aromatic heterocycles. The molecule has 4 atom stereocenters. The van der Waals surface area contributed by atoms with Crippen LogP contribution < -0.4 is 9.64 Å². The molecule has 3 aliphatic heterocycles. The first-order chi connectivity index (χ1) is 15.9. The molecule has 2 fully saturated rings. The lowest BCUT2D eigenvalue weighted by molar-refractivity contribution is -0.384. The number of methoxy groups -OCH3 is 1. The molecule has 10 heteroatoms. The van der Waals surface area contributed by atoms with Crippen LogP contribution in [0, 0.1) is 22.0 Å². The van der Waals surface area contributed by atoms with Crippen molar-refractivity contribution in [2.75, 3.05) is 12.0 Å². The van der Waals surface area contributed by atoms with Gasteiger partial charge in [0.2, 0.25) is 11.8 Å². The number of ether oxygens (including phenoxy) is 1. The lowest BCUT2D eigenvalue weighted by atomic mass is 9.86. The highest BCUT2D eigenvalue weighted by atomic mass is 16.6. The minimum absolute atomic E-state index is 0.0168. The van der Waals surface area contributed by atoms with Crippen molar-refractivity contribution in [2.24, 2.45) is 16.9 Å². The Bertz CT molecular complexity index is 1240. The molecule has 2 amide bonds. The van der Waals surface area contributed by atoms with E-state index in [2.05, 4.69) is 5.10 Å². The zero-order valence-electron chi connectivity index (χ0n) is 17.4. The zero-order chi connectivity index (χ0) is 23.3. The highest BCUT2D eigenvalue weighted by Gasteiger charge is 2.64. The monoisotopic (exact) mass is 446 g/mol. The van der Waals surface area contributed by atoms with Crippen LogP contribution in [0.4, 0.5) is 11.4 Å². The van der Waals surface area contributed by atoms with Gasteiger partial charge < -0.3 is 4.74 Å². The van der Waals surface area contributed by atoms with Crippen molar-refractivity contribution >= 4 is 35.2 Å². The first-order valence-corrected chi connectivity index (χ1v) is 10.2. The van der Waals surface area contributed by atoms with Gasteiger partial charge in [-0.1, -0.05) is 36.4 Å². The van der Waals surface area contributed by atoms with Crippen molar-refractivity contribution in [2.45, 2.75) is 12.1 Å². The number of Topliss-reactive ketones (excluding diaryl/α,β-unsaturated/α-hetero) is 1. The number of anilines is 1. The Kier molecular flexibility index (Phi) is 4.77. The molecule has 0 aliphatic carbocycles. The second-order valence-corrected chi connectivity index (χ2v) is 7.87. The standard InChI is InChI=1S/C23H18N4O6/c1-33-17-10-9-14(27(31)32)12-16(17)25-22(29)18-15-8-5-11-24-26(15)20(19(18)23(25)30)21(28)13-6-3-2-4-7-13/h2-12,15,18-20H,1H3/t15-,18+,19+,20+/m1/s1. The number of benzene rings is 2. The van der Waals surface area contributed by atoms with Crippen LogP contribution in [0.3, 0.4) is 0 Å². The van der Waals surface area contributed by atoms with E-state index in [0.717, 1.165) is 11.0 Å². The lowest BCUT2D eigenvalue weighted by Crippen LogP contribution is -2.46. The lowest BCUT2D eigenvalue weighted by Gasteiger charge is -2.30. The van der Waals surface area contributed by atoms with Crippen molar-refractivity contribution < 1.29 is 24.0 Å². The predicted octanol–water partition coefficient (Wildman–Crippen LogP) is 2.20. The molecule has 0 N–H and O–H groups in total. The molecule has 2 saturated heterocycles. The van der Waals surface area contributed by atoms with E-state index in [9.17, 15) is 24.5 Å². The molecule has 0 bridgehead atoms. The molecule has 5 rings (SSSR count). The fourth-order valence-electron chi connectivity index (χ4n) is 4.81. The fraction of sp³-hybridized carbons (Fsp3) is 0.217. The first kappa shape index (κ1) is 20.6. The minimum atomic E-state index is -1.00. The Morgan fingerprint density at radius 3 is 2.52 bits per heavy atom. The third-order valence-corrected chi connectivity index (χ3v) is 6.23. The highest BCUT2D eigenvalue weighted by molar-refractivity contribution is 6.25. The number of hydrazone groups is 1. The average Bonchev–Trinajstić information content (AvgIpc) is 3.31. The van der Waals surface area contributed by atoms with Crippen LogP contribution in [0.25, 0.3) is 0 Å². The molecule has 0 unspecified atom stereocenters. The van der Waals surface area contributed by atoms with Gasteiger partial charge in [0.15, 0.2) is 5.78 Å². The number of allylic oxidation sites excluding steroid dienone is 1. The number of hydrogen-bond acceptors (Lipinski definition) is 8. The number of nitrogens with zero attached hydrogens (tertiary/aromatic N) is 4. The summed E-state index contributed by atoms with van der Waals surface area (Å²) in [6, 6.07) is 10.6. The maximum atomic E-state index is 13.7. The van der Waals surface area contributed by atoms with Gasteiger partial charge in [-0.25, -0.2) is 4.90 Å². The molecule has 2 aromatic rings. The van der Waals surface area contributed by atoms with Crippen molar-refractivity contribution in [3.05, 3.63) is 76.4 Å². The summed E-state index contributed by atoms with van der Waals surface area (Å²) in [5.74, 6) is -3.22. The molecule has 166 valence electrons. The van der Waals surface area contributed by atoms with Crippen LogP contribution in [-0.4, -0.2) is 52.9 Å². The van der Waals surface area contributed by atoms with E-state index in [1.807, 2.05) is 0 Å². The number of amides is 2. The molecular formula is C23H18N4O6. The number of ketones is 1. The van der Waals surface area contributed by atoms with Gasteiger partial charge in [0, 0.05) is 23.9 Å². The number of hydrogen-bond donors (Lipinski definition) is 0. The van der Waals surface area contributed by atoms with E-state index >= 15 is 0 Å². The van der Waals surface area contributed by atoms with E-state index in [1.54, 1.807) is 42.5 Å². The van der Waals surface area contributed by atoms with Crippen molar-refractivity contribution in [3.8, 4) is 5.75 Å². The number of carbonyl (C=O) groups is 3. The SMILES string of the molecule is COc1ccc([N+](=O)[O-])cc1N1C(=O)[C@@H]2[C@H](C1=O)[C@@H](C(=O)c1ccccc1)N1N=CC=C[C@H]21. The van der Waals surface area contributed by atoms with E-state index < -0.39 is 40.7 Å². The van der Waals surface area contributed by atoms with Crippen LogP contribution in [0.5, 0.6) is 5.75 Å². The molecular weight excluding hydrogens is 428 g/mol. The number of non-ortho nitro benzene ring substituents is 1. The largest absolute Gasteiger partial charge is 0.495 e. The van der Waals surface area contributed by atoms with Gasteiger partial charge in [-0.05, 0) is 12.1 Å². The summed E-state index contributed by atoms with van der Waals surface area (Å²) in [5.41, 5.74) is 0.0966. The normalized spacial score (nSPS) is 25.2. The second-order valence-electron chi connectivity index (χ2n) is 7.87. The van der Waals surface area contributed by atoms with E-state index in [4.69, 9.17) is 4.74 Å². The molecule has 10 nitrogen and oxygen atoms in total. The molecule has 2 aromatic carbocycles. The summed E-state index contributed by atoms with van der Waals surface area (Å²) in [4.78, 5) is 52.3. The van der Waals surface area contributed by atoms with Gasteiger partial charge in [-0.15, -0.1) is 0 Å². The molecule has 3 aliphatic rings. The number of imide groups is 1. The Labute approximate surface area is 187 Å². The minimum Gasteiger partial charge on any atom is -0.495 e. The summed E-state index contributed by atoms with van der Waals surface area (Å²) in [7, 11) is 1.35. The van der Waals surface area contributed by atoms with Crippen molar-refractivity contribution in [1.29, 1.82) is 0 Å². The Balaban J connectivity index is 1.61. The summed E-state index contributed by atoms with van der Waals surface area (Å²) in [6.07, 6.45) is 4.92. The molecule has 0 spiro atoms. The average molecular weight is 446 g/mol. The molecule has 33 heavy (non-hydrogen) atoms. The van der Waals surface area contributed by atoms with Crippen LogP contribution in [0.1, 0.15) is 10.4 Å². The van der Waals surface area contributed by atoms with Gasteiger partial charge in [0.25, 0.3) is 5.69 Å². The third-order valence-electron chi connectivity index (χ3n) is 6.23. The quantitative estimate of drug-likeness (QED) is 0.299. The zero-order valence-corrected chi connectivity index (χ0v) is 17.4. The summed E-state index contributed by atoms with van der Waals surface area (Å²) in [6.45, 7) is 0. The van der Waals surface area contributed by atoms with E-state index in [0.29, 0.717) is 5.56 Å². The van der Waals surface area contributed by atoms with Gasteiger partial charge >= 0.3 is 0 Å². The first-order valence-electron chi connectivity index (χ1n) is 10.2. The van der Waals surface area contributed by atoms with Crippen LogP contribution in [0.15, 0.2) is 65.8 Å². The van der Waals surface area contributed by atoms with Gasteiger partial charge in [0.1, 0.15) is 17.5 Å². The number of rotatable bonds is 5. The second kappa shape index (κ2) is 7.66. The van der Waals surface area contributed by atoms with E-state index in [-0.39, 0.29) is 22.9 Å². The number of fused-ring (bicyclic) bond motifs is 3. The molecule has 3 heterocycles. The number of carbonyl (C=O) groups excluding carboxylic acids is 3. The Hall–Kier alpha value is -4.34. The van der Waals surface area contributed by atoms with Crippen LogP contribution >= 0.6 is 0 Å². The van der Waals surface area contributed by atoms with E-state index in [1.165, 1.54) is 30.5 Å². The van der Waals surface area contributed by atoms with Gasteiger partial charge in [-0.2, -0.15) is 5.10 Å². The van der Waals surface area contributed by atoms with Crippen molar-refractivity contribution in [3.63, 3.8) is 0 Å². The molecule has 0 saturated carbocycles. The van der Waals surface area contributed by atoms with Gasteiger partial charge in [-0.3, -0.25) is 29.5 Å². The maximum Gasteiger partial charge on any atom is 0.271 e. The summed E-state index contributed by atoms with van der Waals surface area (Å²) < 4.78 is 5.28. The maximum absolute atomic E-state index is 13.7. The Morgan fingerprint density at radius 2 is 1.82 bits per heavy atom. The predicted molar refractivity (Wildman–Crippen MR) is 117 cm³/mol. The Morgan fingerprint density at radius 1 is 1.09 bits per heavy atom.